The molecule has 1 aliphatic heterocycles. The molecule has 0 saturated heterocycles. The van der Waals surface area contributed by atoms with Gasteiger partial charge in [-0.2, -0.15) is 18.4 Å². The highest BCUT2D eigenvalue weighted by molar-refractivity contribution is 6.03. The van der Waals surface area contributed by atoms with Gasteiger partial charge in [-0.15, -0.1) is 0 Å². The number of alkyl halides is 3. The summed E-state index contributed by atoms with van der Waals surface area (Å²) in [7, 11) is 0. The Bertz CT molecular complexity index is 866. The van der Waals surface area contributed by atoms with Crippen molar-refractivity contribution in [2.24, 2.45) is 10.7 Å². The number of nitrogens with zero attached hydrogens (tertiary/aromatic N) is 5. The van der Waals surface area contributed by atoms with E-state index < -0.39 is 17.8 Å². The summed E-state index contributed by atoms with van der Waals surface area (Å²) in [6.45, 7) is -0.283. The summed E-state index contributed by atoms with van der Waals surface area (Å²) in [5.74, 6) is 0.0915. The lowest BCUT2D eigenvalue weighted by Gasteiger charge is -2.29. The van der Waals surface area contributed by atoms with Crippen molar-refractivity contribution in [3.05, 3.63) is 60.0 Å². The monoisotopic (exact) mass is 348 g/mol. The fourth-order valence-electron chi connectivity index (χ4n) is 2.41. The molecule has 1 atom stereocenters. The van der Waals surface area contributed by atoms with Crippen LogP contribution in [0.15, 0.2) is 52.2 Å². The third-order valence-electron chi connectivity index (χ3n) is 3.44. The van der Waals surface area contributed by atoms with Crippen LogP contribution in [0.2, 0.25) is 0 Å². The fraction of sp³-hybridized carbons (Fsp3) is 0.200. The van der Waals surface area contributed by atoms with Crippen LogP contribution in [0.4, 0.5) is 13.2 Å². The Morgan fingerprint density at radius 3 is 2.76 bits per heavy atom. The molecule has 0 fully saturated rings. The van der Waals surface area contributed by atoms with Crippen molar-refractivity contribution < 1.29 is 17.6 Å². The Hall–Kier alpha value is -3.35. The highest BCUT2D eigenvalue weighted by atomic mass is 19.4. The second-order valence-corrected chi connectivity index (χ2v) is 5.09. The van der Waals surface area contributed by atoms with Crippen LogP contribution < -0.4 is 5.73 Å². The van der Waals surface area contributed by atoms with Crippen LogP contribution in [0.25, 0.3) is 0 Å². The molecule has 3 rings (SSSR count). The summed E-state index contributed by atoms with van der Waals surface area (Å²) in [4.78, 5) is 13.1. The number of pyridine rings is 1. The predicted octanol–water partition coefficient (Wildman–Crippen LogP) is 2.04. The number of oxazole rings is 1. The average molecular weight is 348 g/mol. The van der Waals surface area contributed by atoms with E-state index in [-0.39, 0.29) is 29.7 Å². The van der Waals surface area contributed by atoms with E-state index in [1.54, 1.807) is 0 Å². The van der Waals surface area contributed by atoms with Crippen molar-refractivity contribution in [3.8, 4) is 6.07 Å². The molecule has 1 aliphatic rings. The molecule has 2 aromatic heterocycles. The highest BCUT2D eigenvalue weighted by Crippen LogP contribution is 2.32. The number of nitrogens with two attached hydrogens (primary N) is 1. The van der Waals surface area contributed by atoms with Gasteiger partial charge in [0, 0.05) is 12.4 Å². The van der Waals surface area contributed by atoms with E-state index in [2.05, 4.69) is 15.0 Å². The predicted molar refractivity (Wildman–Crippen MR) is 79.5 cm³/mol. The summed E-state index contributed by atoms with van der Waals surface area (Å²) >= 11 is 0. The van der Waals surface area contributed by atoms with Gasteiger partial charge in [0.15, 0.2) is 6.04 Å². The van der Waals surface area contributed by atoms with Crippen molar-refractivity contribution in [2.75, 3.05) is 0 Å². The number of hydrogen-bond donors (Lipinski definition) is 1. The molecule has 7 nitrogen and oxygen atoms in total. The molecule has 0 bridgehead atoms. The number of rotatable bonds is 3. The van der Waals surface area contributed by atoms with E-state index in [1.807, 2.05) is 6.07 Å². The molecule has 0 aliphatic carbocycles. The van der Waals surface area contributed by atoms with Crippen molar-refractivity contribution in [2.45, 2.75) is 18.8 Å². The zero-order valence-electron chi connectivity index (χ0n) is 12.6. The molecule has 0 spiro atoms. The lowest BCUT2D eigenvalue weighted by molar-refractivity contribution is -0.138. The molecular weight excluding hydrogens is 337 g/mol. The Labute approximate surface area is 139 Å². The van der Waals surface area contributed by atoms with Gasteiger partial charge in [0.05, 0.1) is 30.1 Å². The van der Waals surface area contributed by atoms with E-state index >= 15 is 0 Å². The molecule has 0 aromatic carbocycles. The lowest BCUT2D eigenvalue weighted by Crippen LogP contribution is -2.41. The third kappa shape index (κ3) is 3.30. The Morgan fingerprint density at radius 2 is 2.12 bits per heavy atom. The van der Waals surface area contributed by atoms with Crippen LogP contribution in [0.5, 0.6) is 0 Å². The van der Waals surface area contributed by atoms with Crippen LogP contribution in [-0.2, 0) is 12.7 Å². The molecule has 128 valence electrons. The van der Waals surface area contributed by atoms with E-state index in [1.165, 1.54) is 35.8 Å². The zero-order chi connectivity index (χ0) is 18.0. The lowest BCUT2D eigenvalue weighted by atomic mass is 10.1. The number of halogens is 3. The van der Waals surface area contributed by atoms with Gasteiger partial charge in [0.25, 0.3) is 0 Å². The average Bonchev–Trinajstić information content (AvgIpc) is 3.08. The van der Waals surface area contributed by atoms with Crippen molar-refractivity contribution >= 4 is 5.71 Å². The second kappa shape index (κ2) is 6.27. The van der Waals surface area contributed by atoms with Gasteiger partial charge in [-0.3, -0.25) is 4.98 Å². The first-order chi connectivity index (χ1) is 11.9. The van der Waals surface area contributed by atoms with Crippen molar-refractivity contribution in [1.29, 1.82) is 5.26 Å². The maximum atomic E-state index is 13.1. The molecule has 1 unspecified atom stereocenters. The van der Waals surface area contributed by atoms with Gasteiger partial charge in [0.1, 0.15) is 17.8 Å². The first kappa shape index (κ1) is 16.5. The van der Waals surface area contributed by atoms with Crippen LogP contribution >= 0.6 is 0 Å². The molecule has 10 heteroatoms. The maximum Gasteiger partial charge on any atom is 0.418 e. The molecule has 0 radical (unpaired) electrons. The standard InChI is InChI=1S/C15H11F3N6O/c16-15(17,18)9-2-1-3-21-10(9)7-24-8-12(20)23-13(11(24)6-19)14-22-4-5-25-14/h1-5,8,11H,7,20H2. The van der Waals surface area contributed by atoms with E-state index in [9.17, 15) is 18.4 Å². The first-order valence-corrected chi connectivity index (χ1v) is 7.02. The Kier molecular flexibility index (Phi) is 4.14. The Balaban J connectivity index is 1.96. The highest BCUT2D eigenvalue weighted by Gasteiger charge is 2.36. The minimum Gasteiger partial charge on any atom is -0.443 e. The van der Waals surface area contributed by atoms with Gasteiger partial charge in [-0.25, -0.2) is 9.98 Å². The molecule has 0 saturated carbocycles. The quantitative estimate of drug-likeness (QED) is 0.910. The molecule has 2 N–H and O–H groups in total. The van der Waals surface area contributed by atoms with E-state index in [4.69, 9.17) is 10.2 Å². The van der Waals surface area contributed by atoms with Crippen LogP contribution in [0.1, 0.15) is 17.1 Å². The first-order valence-electron chi connectivity index (χ1n) is 7.02. The largest absolute Gasteiger partial charge is 0.443 e. The molecule has 25 heavy (non-hydrogen) atoms. The number of aliphatic imine (C=N–C) groups is 1. The van der Waals surface area contributed by atoms with Crippen molar-refractivity contribution in [3.63, 3.8) is 0 Å². The number of nitriles is 1. The van der Waals surface area contributed by atoms with E-state index in [0.717, 1.165) is 6.07 Å². The summed E-state index contributed by atoms with van der Waals surface area (Å²) in [6.07, 6.45) is 0.661. The second-order valence-electron chi connectivity index (χ2n) is 5.09. The molecule has 2 aromatic rings. The minimum absolute atomic E-state index is 0.0178. The zero-order valence-corrected chi connectivity index (χ0v) is 12.6. The summed E-state index contributed by atoms with van der Waals surface area (Å²) in [6, 6.07) is 3.09. The van der Waals surface area contributed by atoms with Crippen LogP contribution in [0.3, 0.4) is 0 Å². The van der Waals surface area contributed by atoms with Gasteiger partial charge >= 0.3 is 6.18 Å². The summed E-state index contributed by atoms with van der Waals surface area (Å²) < 4.78 is 44.6. The van der Waals surface area contributed by atoms with Crippen molar-refractivity contribution in [1.82, 2.24) is 14.9 Å². The Morgan fingerprint density at radius 1 is 1.32 bits per heavy atom. The molecule has 3 heterocycles. The van der Waals surface area contributed by atoms with E-state index in [0.29, 0.717) is 0 Å². The SMILES string of the molecule is N#CC1C(c2ncco2)=NC(N)=CN1Cc1ncccc1C(F)(F)F. The number of hydrogen-bond acceptors (Lipinski definition) is 7. The van der Waals surface area contributed by atoms with Gasteiger partial charge in [0.2, 0.25) is 5.89 Å². The third-order valence-corrected chi connectivity index (χ3v) is 3.44. The van der Waals surface area contributed by atoms with Crippen LogP contribution in [-0.4, -0.2) is 26.6 Å². The minimum atomic E-state index is -4.56. The van der Waals surface area contributed by atoms with Gasteiger partial charge in [-0.05, 0) is 12.1 Å². The maximum absolute atomic E-state index is 13.1. The number of aromatic nitrogens is 2. The molecule has 0 amide bonds. The topological polar surface area (TPSA) is 104 Å². The summed E-state index contributed by atoms with van der Waals surface area (Å²) in [5, 5.41) is 9.47. The van der Waals surface area contributed by atoms with Gasteiger partial charge in [-0.1, -0.05) is 0 Å². The molecular formula is C15H11F3N6O. The fourth-order valence-corrected chi connectivity index (χ4v) is 2.41. The summed E-state index contributed by atoms with van der Waals surface area (Å²) in [5.41, 5.74) is 4.74. The van der Waals surface area contributed by atoms with Crippen LogP contribution in [0, 0.1) is 11.3 Å². The van der Waals surface area contributed by atoms with Gasteiger partial charge < -0.3 is 15.1 Å². The smallest absolute Gasteiger partial charge is 0.418 e. The normalized spacial score (nSPS) is 17.7.